The van der Waals surface area contributed by atoms with Gasteiger partial charge in [-0.15, -0.1) is 0 Å². The molecule has 0 N–H and O–H groups in total. The predicted octanol–water partition coefficient (Wildman–Crippen LogP) is 3.41. The van der Waals surface area contributed by atoms with E-state index >= 15 is 0 Å². The molecule has 0 fully saturated rings. The Kier molecular flexibility index (Phi) is 7.78. The number of aryl methyl sites for hydroxylation is 1. The van der Waals surface area contributed by atoms with E-state index in [0.717, 1.165) is 11.1 Å². The number of hydrogen-bond acceptors (Lipinski definition) is 7. The summed E-state index contributed by atoms with van der Waals surface area (Å²) >= 11 is 0. The maximum Gasteiger partial charge on any atom is 0.224 e. The number of Topliss-reactive ketones (excluding diaryl/α,β-unsaturated/α-hetero) is 1. The summed E-state index contributed by atoms with van der Waals surface area (Å²) in [5, 5.41) is -1.33. The van der Waals surface area contributed by atoms with Crippen LogP contribution in [0.2, 0.25) is 0 Å². The van der Waals surface area contributed by atoms with Gasteiger partial charge in [-0.3, -0.25) is 9.78 Å². The molecule has 1 heterocycles. The molecule has 174 valence electrons. The number of hydrogen-bond donors (Lipinski definition) is 0. The third-order valence-corrected chi connectivity index (χ3v) is 7.33. The Balaban J connectivity index is 1.91. The van der Waals surface area contributed by atoms with Crippen molar-refractivity contribution in [3.63, 3.8) is 0 Å². The molecule has 0 saturated heterocycles. The first kappa shape index (κ1) is 24.3. The van der Waals surface area contributed by atoms with Crippen molar-refractivity contribution in [2.24, 2.45) is 0 Å². The van der Waals surface area contributed by atoms with E-state index in [2.05, 4.69) is 9.97 Å². The second-order valence-corrected chi connectivity index (χ2v) is 9.81. The third-order valence-electron chi connectivity index (χ3n) is 5.25. The lowest BCUT2D eigenvalue weighted by Crippen LogP contribution is -2.40. The van der Waals surface area contributed by atoms with Crippen molar-refractivity contribution in [1.82, 2.24) is 14.3 Å². The SMILES string of the molecule is COc1ccc(CN(Cc2ccc(OC)cc2)S(=O)(=O)[C@H](C)C(=O)c2cnc(C)cn2)cc1. The smallest absolute Gasteiger partial charge is 0.224 e. The van der Waals surface area contributed by atoms with Gasteiger partial charge in [0, 0.05) is 19.3 Å². The van der Waals surface area contributed by atoms with Gasteiger partial charge < -0.3 is 9.47 Å². The fraction of sp³-hybridized carbons (Fsp3) is 0.292. The van der Waals surface area contributed by atoms with Crippen molar-refractivity contribution in [1.29, 1.82) is 0 Å². The molecule has 0 amide bonds. The topological polar surface area (TPSA) is 98.7 Å². The number of carbonyl (C=O) groups excluding carboxylic acids is 1. The third kappa shape index (κ3) is 5.94. The standard InChI is InChI=1S/C24H27N3O5S/c1-17-13-26-23(14-25-17)24(28)18(2)33(29,30)27(15-19-5-9-21(31-3)10-6-19)16-20-7-11-22(32-4)12-8-20/h5-14,18H,15-16H2,1-4H3/t18-/m1/s1. The lowest BCUT2D eigenvalue weighted by molar-refractivity contribution is 0.0984. The van der Waals surface area contributed by atoms with E-state index in [1.807, 2.05) is 0 Å². The largest absolute Gasteiger partial charge is 0.497 e. The Morgan fingerprint density at radius 3 is 1.76 bits per heavy atom. The summed E-state index contributed by atoms with van der Waals surface area (Å²) in [6.45, 7) is 3.31. The van der Waals surface area contributed by atoms with Crippen LogP contribution >= 0.6 is 0 Å². The molecule has 0 aliphatic rings. The van der Waals surface area contributed by atoms with Crippen molar-refractivity contribution in [2.45, 2.75) is 32.2 Å². The molecule has 0 unspecified atom stereocenters. The van der Waals surface area contributed by atoms with Crippen molar-refractivity contribution in [3.8, 4) is 11.5 Å². The molecule has 0 saturated carbocycles. The summed E-state index contributed by atoms with van der Waals surface area (Å²) in [6.07, 6.45) is 2.75. The van der Waals surface area contributed by atoms with Crippen LogP contribution in [0.15, 0.2) is 60.9 Å². The number of methoxy groups -OCH3 is 2. The van der Waals surface area contributed by atoms with Gasteiger partial charge >= 0.3 is 0 Å². The second kappa shape index (κ2) is 10.5. The Bertz CT molecular complexity index is 1130. The molecule has 1 aromatic heterocycles. The quantitative estimate of drug-likeness (QED) is 0.420. The zero-order valence-corrected chi connectivity index (χ0v) is 19.9. The van der Waals surface area contributed by atoms with E-state index in [0.29, 0.717) is 17.2 Å². The molecule has 0 aliphatic carbocycles. The lowest BCUT2D eigenvalue weighted by Gasteiger charge is -2.25. The van der Waals surface area contributed by atoms with E-state index in [9.17, 15) is 13.2 Å². The van der Waals surface area contributed by atoms with Gasteiger partial charge in [0.1, 0.15) is 22.4 Å². The highest BCUT2D eigenvalue weighted by Crippen LogP contribution is 2.22. The van der Waals surface area contributed by atoms with Gasteiger partial charge in [-0.1, -0.05) is 24.3 Å². The number of aromatic nitrogens is 2. The van der Waals surface area contributed by atoms with Crippen LogP contribution in [0.5, 0.6) is 11.5 Å². The van der Waals surface area contributed by atoms with Crippen molar-refractivity contribution >= 4 is 15.8 Å². The van der Waals surface area contributed by atoms with Gasteiger partial charge in [-0.05, 0) is 49.2 Å². The average molecular weight is 470 g/mol. The zero-order chi connectivity index (χ0) is 24.0. The van der Waals surface area contributed by atoms with E-state index in [1.165, 1.54) is 23.6 Å². The normalized spacial score (nSPS) is 12.4. The number of rotatable bonds is 10. The molecule has 3 rings (SSSR count). The molecule has 2 aromatic carbocycles. The number of carbonyl (C=O) groups is 1. The molecule has 0 spiro atoms. The summed E-state index contributed by atoms with van der Waals surface area (Å²) < 4.78 is 38.8. The van der Waals surface area contributed by atoms with Crippen LogP contribution in [-0.4, -0.2) is 47.9 Å². The van der Waals surface area contributed by atoms with E-state index < -0.39 is 21.1 Å². The summed E-state index contributed by atoms with van der Waals surface area (Å²) in [5.41, 5.74) is 2.19. The van der Waals surface area contributed by atoms with Gasteiger partial charge in [0.2, 0.25) is 15.8 Å². The number of ether oxygens (including phenoxy) is 2. The minimum atomic E-state index is -4.03. The average Bonchev–Trinajstić information content (AvgIpc) is 2.84. The first-order chi connectivity index (χ1) is 15.7. The van der Waals surface area contributed by atoms with Crippen LogP contribution in [0.4, 0.5) is 0 Å². The zero-order valence-electron chi connectivity index (χ0n) is 19.1. The van der Waals surface area contributed by atoms with Crippen LogP contribution in [0.3, 0.4) is 0 Å². The molecule has 9 heteroatoms. The second-order valence-electron chi connectivity index (χ2n) is 7.56. The molecule has 0 aliphatic heterocycles. The van der Waals surface area contributed by atoms with Crippen LogP contribution in [0, 0.1) is 6.92 Å². The summed E-state index contributed by atoms with van der Waals surface area (Å²) in [7, 11) is -0.900. The number of ketones is 1. The Morgan fingerprint density at radius 2 is 1.36 bits per heavy atom. The first-order valence-corrected chi connectivity index (χ1v) is 11.8. The van der Waals surface area contributed by atoms with Gasteiger partial charge in [-0.2, -0.15) is 4.31 Å². The maximum absolute atomic E-state index is 13.6. The minimum Gasteiger partial charge on any atom is -0.497 e. The molecule has 0 radical (unpaired) electrons. The van der Waals surface area contributed by atoms with Crippen molar-refractivity contribution < 1.29 is 22.7 Å². The van der Waals surface area contributed by atoms with Crippen molar-refractivity contribution in [2.75, 3.05) is 14.2 Å². The lowest BCUT2D eigenvalue weighted by atomic mass is 10.2. The van der Waals surface area contributed by atoms with Crippen molar-refractivity contribution in [3.05, 3.63) is 83.4 Å². The van der Waals surface area contributed by atoms with Crippen LogP contribution in [0.1, 0.15) is 34.2 Å². The summed E-state index contributed by atoms with van der Waals surface area (Å²) in [5.74, 6) is 0.742. The fourth-order valence-corrected chi connectivity index (χ4v) is 4.69. The fourth-order valence-electron chi connectivity index (χ4n) is 3.19. The van der Waals surface area contributed by atoms with E-state index in [-0.39, 0.29) is 18.8 Å². The molecule has 33 heavy (non-hydrogen) atoms. The van der Waals surface area contributed by atoms with Gasteiger partial charge in [0.15, 0.2) is 0 Å². The highest BCUT2D eigenvalue weighted by atomic mass is 32.2. The number of nitrogens with zero attached hydrogens (tertiary/aromatic N) is 3. The predicted molar refractivity (Wildman–Crippen MR) is 125 cm³/mol. The monoisotopic (exact) mass is 469 g/mol. The Labute approximate surface area is 194 Å². The van der Waals surface area contributed by atoms with Gasteiger partial charge in [0.25, 0.3) is 0 Å². The summed E-state index contributed by atoms with van der Waals surface area (Å²) in [6, 6.07) is 14.3. The Hall–Kier alpha value is -3.30. The number of sulfonamides is 1. The van der Waals surface area contributed by atoms with E-state index in [4.69, 9.17) is 9.47 Å². The van der Waals surface area contributed by atoms with E-state index in [1.54, 1.807) is 69.7 Å². The highest BCUT2D eigenvalue weighted by Gasteiger charge is 2.35. The molecule has 1 atom stereocenters. The van der Waals surface area contributed by atoms with Crippen LogP contribution < -0.4 is 9.47 Å². The number of benzene rings is 2. The minimum absolute atomic E-state index is 0.0190. The molecule has 0 bridgehead atoms. The molecule has 8 nitrogen and oxygen atoms in total. The van der Waals surface area contributed by atoms with Gasteiger partial charge in [0.05, 0.1) is 26.1 Å². The maximum atomic E-state index is 13.6. The highest BCUT2D eigenvalue weighted by molar-refractivity contribution is 7.90. The molecular weight excluding hydrogens is 442 g/mol. The Morgan fingerprint density at radius 1 is 0.879 bits per heavy atom. The van der Waals surface area contributed by atoms with Crippen LogP contribution in [-0.2, 0) is 23.1 Å². The van der Waals surface area contributed by atoms with Crippen LogP contribution in [0.25, 0.3) is 0 Å². The first-order valence-electron chi connectivity index (χ1n) is 10.3. The molecular formula is C24H27N3O5S. The van der Waals surface area contributed by atoms with Gasteiger partial charge in [-0.25, -0.2) is 13.4 Å². The molecule has 3 aromatic rings. The summed E-state index contributed by atoms with van der Waals surface area (Å²) in [4.78, 5) is 21.1.